The molecule has 41 heavy (non-hydrogen) atoms. The van der Waals surface area contributed by atoms with E-state index in [2.05, 4.69) is 10.3 Å². The van der Waals surface area contributed by atoms with Gasteiger partial charge in [0, 0.05) is 41.8 Å². The van der Waals surface area contributed by atoms with Crippen molar-refractivity contribution < 1.29 is 44.7 Å². The van der Waals surface area contributed by atoms with Gasteiger partial charge in [0.1, 0.15) is 17.3 Å². The highest BCUT2D eigenvalue weighted by Gasteiger charge is 2.43. The summed E-state index contributed by atoms with van der Waals surface area (Å²) in [6.07, 6.45) is -9.00. The van der Waals surface area contributed by atoms with Gasteiger partial charge in [-0.15, -0.1) is 0 Å². The molecule has 6 nitrogen and oxygen atoms in total. The Balaban J connectivity index is 1.64. The monoisotopic (exact) mass is 606 g/mol. The lowest BCUT2D eigenvalue weighted by atomic mass is 9.83. The molecule has 15 heteroatoms. The fourth-order valence-electron chi connectivity index (χ4n) is 4.63. The second kappa shape index (κ2) is 11.1. The predicted molar refractivity (Wildman–Crippen MR) is 133 cm³/mol. The average Bonchev–Trinajstić information content (AvgIpc) is 2.88. The second-order valence-electron chi connectivity index (χ2n) is 9.22. The van der Waals surface area contributed by atoms with Crippen molar-refractivity contribution in [2.75, 3.05) is 24.1 Å². The van der Waals surface area contributed by atoms with Gasteiger partial charge in [-0.2, -0.15) is 26.3 Å². The summed E-state index contributed by atoms with van der Waals surface area (Å²) >= 11 is 6.25. The summed E-state index contributed by atoms with van der Waals surface area (Å²) in [6.45, 7) is -0.571. The standard InChI is InChI=1S/C26H19ClF8N4O2/c27-18-10-17(19(29)11-16(18)23(40)38-14-1-4-37-21(9-14)25(30,31)32)22-15(7-13(28)8-20(22)36)12-2-5-39(6-3-12)24(41)26(33,34)35/h1,4,7-12H,2-3,5-6,36H2,(H,37,38,40). The first kappa shape index (κ1) is 30.0. The van der Waals surface area contributed by atoms with E-state index in [9.17, 15) is 40.3 Å². The first-order chi connectivity index (χ1) is 19.1. The third-order valence-corrected chi connectivity index (χ3v) is 6.82. The summed E-state index contributed by atoms with van der Waals surface area (Å²) < 4.78 is 107. The van der Waals surface area contributed by atoms with Crippen LogP contribution in [0, 0.1) is 11.6 Å². The van der Waals surface area contributed by atoms with Gasteiger partial charge in [0.05, 0.1) is 10.6 Å². The summed E-state index contributed by atoms with van der Waals surface area (Å²) in [7, 11) is 0. The number of nitrogens with zero attached hydrogens (tertiary/aromatic N) is 2. The zero-order valence-electron chi connectivity index (χ0n) is 20.6. The minimum atomic E-state index is -5.05. The van der Waals surface area contributed by atoms with Gasteiger partial charge < -0.3 is 16.0 Å². The quantitative estimate of drug-likeness (QED) is 0.253. The summed E-state index contributed by atoms with van der Waals surface area (Å²) in [5.41, 5.74) is 3.77. The fraction of sp³-hybridized carbons (Fsp3) is 0.269. The average molecular weight is 607 g/mol. The van der Waals surface area contributed by atoms with E-state index in [0.29, 0.717) is 11.0 Å². The SMILES string of the molecule is Nc1cc(F)cc(C2CCN(C(=O)C(F)(F)F)CC2)c1-c1cc(Cl)c(C(=O)Nc2ccnc(C(F)(F)F)c2)cc1F. The van der Waals surface area contributed by atoms with Crippen LogP contribution in [0.3, 0.4) is 0 Å². The minimum Gasteiger partial charge on any atom is -0.398 e. The molecule has 2 amide bonds. The molecule has 1 aliphatic rings. The number of amides is 2. The number of nitrogen functional groups attached to an aromatic ring is 1. The maximum atomic E-state index is 15.4. The van der Waals surface area contributed by atoms with Crippen molar-refractivity contribution in [3.63, 3.8) is 0 Å². The van der Waals surface area contributed by atoms with Crippen LogP contribution in [-0.2, 0) is 11.0 Å². The Morgan fingerprint density at radius 2 is 1.66 bits per heavy atom. The molecule has 2 heterocycles. The molecule has 0 atom stereocenters. The molecule has 4 rings (SSSR count). The second-order valence-corrected chi connectivity index (χ2v) is 9.62. The lowest BCUT2D eigenvalue weighted by Gasteiger charge is -2.33. The van der Waals surface area contributed by atoms with E-state index < -0.39 is 53.0 Å². The fourth-order valence-corrected chi connectivity index (χ4v) is 4.88. The van der Waals surface area contributed by atoms with Crippen molar-refractivity contribution in [3.8, 4) is 11.1 Å². The Labute approximate surface area is 232 Å². The van der Waals surface area contributed by atoms with Crippen LogP contribution in [0.5, 0.6) is 0 Å². The number of hydrogen-bond donors (Lipinski definition) is 2. The van der Waals surface area contributed by atoms with Gasteiger partial charge in [-0.05, 0) is 60.7 Å². The summed E-state index contributed by atoms with van der Waals surface area (Å²) in [4.78, 5) is 28.1. The highest BCUT2D eigenvalue weighted by Crippen LogP contribution is 2.42. The third-order valence-electron chi connectivity index (χ3n) is 6.51. The number of carbonyl (C=O) groups excluding carboxylic acids is 2. The summed E-state index contributed by atoms with van der Waals surface area (Å²) in [5.74, 6) is -5.45. The molecule has 0 aliphatic carbocycles. The van der Waals surface area contributed by atoms with E-state index in [1.807, 2.05) is 0 Å². The number of nitrogens with one attached hydrogen (secondary N) is 1. The van der Waals surface area contributed by atoms with E-state index in [4.69, 9.17) is 17.3 Å². The Bertz CT molecular complexity index is 1500. The van der Waals surface area contributed by atoms with Gasteiger partial charge in [0.2, 0.25) is 0 Å². The first-order valence-electron chi connectivity index (χ1n) is 11.8. The minimum absolute atomic E-state index is 0.000595. The van der Waals surface area contributed by atoms with Crippen molar-refractivity contribution in [2.45, 2.75) is 31.1 Å². The van der Waals surface area contributed by atoms with Gasteiger partial charge in [0.15, 0.2) is 0 Å². The van der Waals surface area contributed by atoms with E-state index in [-0.39, 0.29) is 59.0 Å². The first-order valence-corrected chi connectivity index (χ1v) is 12.2. The molecule has 0 unspecified atom stereocenters. The lowest BCUT2D eigenvalue weighted by Crippen LogP contribution is -2.45. The Kier molecular flexibility index (Phi) is 8.16. The zero-order valence-corrected chi connectivity index (χ0v) is 21.4. The van der Waals surface area contributed by atoms with Crippen molar-refractivity contribution in [1.29, 1.82) is 0 Å². The van der Waals surface area contributed by atoms with E-state index >= 15 is 4.39 Å². The molecule has 2 aromatic carbocycles. The van der Waals surface area contributed by atoms with Gasteiger partial charge >= 0.3 is 18.3 Å². The number of piperidine rings is 1. The van der Waals surface area contributed by atoms with Gasteiger partial charge in [-0.25, -0.2) is 8.78 Å². The molecule has 0 spiro atoms. The number of halogens is 9. The Morgan fingerprint density at radius 1 is 1.00 bits per heavy atom. The topological polar surface area (TPSA) is 88.3 Å². The molecule has 1 fully saturated rings. The molecule has 1 aromatic heterocycles. The molecular weight excluding hydrogens is 588 g/mol. The Hall–Kier alpha value is -3.94. The van der Waals surface area contributed by atoms with Crippen LogP contribution in [0.4, 0.5) is 46.5 Å². The number of rotatable bonds is 4. The van der Waals surface area contributed by atoms with Crippen molar-refractivity contribution in [3.05, 3.63) is 76.1 Å². The highest BCUT2D eigenvalue weighted by atomic mass is 35.5. The smallest absolute Gasteiger partial charge is 0.398 e. The molecule has 1 aliphatic heterocycles. The summed E-state index contributed by atoms with van der Waals surface area (Å²) in [6, 6.07) is 5.41. The van der Waals surface area contributed by atoms with Crippen LogP contribution in [0.2, 0.25) is 5.02 Å². The van der Waals surface area contributed by atoms with Crippen LogP contribution in [0.15, 0.2) is 42.6 Å². The largest absolute Gasteiger partial charge is 0.471 e. The Morgan fingerprint density at radius 3 is 2.27 bits per heavy atom. The summed E-state index contributed by atoms with van der Waals surface area (Å²) in [5, 5.41) is 1.87. The van der Waals surface area contributed by atoms with Crippen molar-refractivity contribution in [2.24, 2.45) is 0 Å². The number of aromatic nitrogens is 1. The molecule has 0 saturated carbocycles. The molecule has 1 saturated heterocycles. The number of anilines is 2. The van der Waals surface area contributed by atoms with E-state index in [1.54, 1.807) is 0 Å². The number of hydrogen-bond acceptors (Lipinski definition) is 4. The van der Waals surface area contributed by atoms with E-state index in [0.717, 1.165) is 36.5 Å². The van der Waals surface area contributed by atoms with E-state index in [1.165, 1.54) is 0 Å². The number of benzene rings is 2. The number of nitrogens with two attached hydrogens (primary N) is 1. The number of alkyl halides is 6. The zero-order chi connectivity index (χ0) is 30.3. The van der Waals surface area contributed by atoms with Crippen molar-refractivity contribution in [1.82, 2.24) is 9.88 Å². The van der Waals surface area contributed by atoms with Gasteiger partial charge in [-0.3, -0.25) is 14.6 Å². The lowest BCUT2D eigenvalue weighted by molar-refractivity contribution is -0.186. The molecule has 3 N–H and O–H groups in total. The normalized spacial score (nSPS) is 14.7. The highest BCUT2D eigenvalue weighted by molar-refractivity contribution is 6.34. The molecule has 0 bridgehead atoms. The number of carbonyl (C=O) groups is 2. The molecule has 0 radical (unpaired) electrons. The van der Waals surface area contributed by atoms with Crippen LogP contribution in [-0.4, -0.2) is 41.0 Å². The van der Waals surface area contributed by atoms with Crippen LogP contribution in [0.25, 0.3) is 11.1 Å². The molecule has 3 aromatic rings. The third kappa shape index (κ3) is 6.53. The number of pyridine rings is 1. The molecular formula is C26H19ClF8N4O2. The predicted octanol–water partition coefficient (Wildman–Crippen LogP) is 6.80. The van der Waals surface area contributed by atoms with Crippen molar-refractivity contribution >= 4 is 34.8 Å². The van der Waals surface area contributed by atoms with Crippen LogP contribution in [0.1, 0.15) is 40.4 Å². The number of likely N-dealkylation sites (tertiary alicyclic amines) is 1. The molecule has 218 valence electrons. The maximum Gasteiger partial charge on any atom is 0.471 e. The van der Waals surface area contributed by atoms with Gasteiger partial charge in [-0.1, -0.05) is 11.6 Å². The van der Waals surface area contributed by atoms with Crippen LogP contribution >= 0.6 is 11.6 Å². The van der Waals surface area contributed by atoms with Crippen LogP contribution < -0.4 is 11.1 Å². The van der Waals surface area contributed by atoms with Gasteiger partial charge in [0.25, 0.3) is 5.91 Å². The maximum absolute atomic E-state index is 15.4.